The van der Waals surface area contributed by atoms with Crippen molar-refractivity contribution in [1.82, 2.24) is 15.5 Å². The van der Waals surface area contributed by atoms with Crippen molar-refractivity contribution in [2.24, 2.45) is 0 Å². The van der Waals surface area contributed by atoms with E-state index in [2.05, 4.69) is 15.5 Å². The summed E-state index contributed by atoms with van der Waals surface area (Å²) in [5.74, 6) is -0.455. The summed E-state index contributed by atoms with van der Waals surface area (Å²) in [5, 5.41) is 17.5. The summed E-state index contributed by atoms with van der Waals surface area (Å²) < 4.78 is 18.2. The van der Waals surface area contributed by atoms with Gasteiger partial charge in [0.1, 0.15) is 11.9 Å². The van der Waals surface area contributed by atoms with E-state index in [1.165, 1.54) is 49.4 Å². The number of nitrogens with one attached hydrogen (secondary N) is 1. The zero-order valence-corrected chi connectivity index (χ0v) is 14.5. The van der Waals surface area contributed by atoms with Crippen LogP contribution in [0.15, 0.2) is 47.0 Å². The third-order valence-corrected chi connectivity index (χ3v) is 4.01. The predicted octanol–water partition coefficient (Wildman–Crippen LogP) is 3.58. The molecule has 0 aliphatic heterocycles. The number of rotatable bonds is 5. The molecular weight excluding hydrogens is 355 g/mol. The summed E-state index contributed by atoms with van der Waals surface area (Å²) in [6, 6.07) is 9.25. The average Bonchev–Trinajstić information content (AvgIpc) is 3.12. The van der Waals surface area contributed by atoms with Gasteiger partial charge >= 0.3 is 0 Å². The lowest BCUT2D eigenvalue weighted by Crippen LogP contribution is -2.27. The number of halogens is 1. The van der Waals surface area contributed by atoms with Gasteiger partial charge in [0.25, 0.3) is 11.6 Å². The van der Waals surface area contributed by atoms with Crippen molar-refractivity contribution < 1.29 is 18.6 Å². The van der Waals surface area contributed by atoms with Crippen molar-refractivity contribution in [3.05, 3.63) is 75.4 Å². The molecule has 0 aliphatic carbocycles. The summed E-state index contributed by atoms with van der Waals surface area (Å²) in [6.45, 7) is 3.16. The van der Waals surface area contributed by atoms with Gasteiger partial charge in [-0.3, -0.25) is 14.9 Å². The fourth-order valence-corrected chi connectivity index (χ4v) is 2.53. The number of benzene rings is 2. The van der Waals surface area contributed by atoms with Crippen molar-refractivity contribution in [2.45, 2.75) is 19.9 Å². The van der Waals surface area contributed by atoms with Crippen LogP contribution in [0.4, 0.5) is 10.1 Å². The van der Waals surface area contributed by atoms with E-state index in [1.54, 1.807) is 6.92 Å². The smallest absolute Gasteiger partial charge is 0.273 e. The summed E-state index contributed by atoms with van der Waals surface area (Å²) in [4.78, 5) is 27.2. The molecule has 1 amide bonds. The molecule has 0 fully saturated rings. The first-order valence-electron chi connectivity index (χ1n) is 8.01. The standard InChI is InChI=1S/C18H15FN4O4/c1-10-14(4-3-5-15(10)23(25)26)17(24)20-11(2)18-21-16(22-27-18)12-6-8-13(19)9-7-12/h3-9,11H,1-2H3,(H,20,24). The zero-order valence-electron chi connectivity index (χ0n) is 14.5. The normalized spacial score (nSPS) is 11.8. The monoisotopic (exact) mass is 370 g/mol. The summed E-state index contributed by atoms with van der Waals surface area (Å²) >= 11 is 0. The number of nitro benzene ring substituents is 1. The number of nitro groups is 1. The van der Waals surface area contributed by atoms with Gasteiger partial charge in [-0.05, 0) is 44.2 Å². The molecule has 0 saturated carbocycles. The van der Waals surface area contributed by atoms with Crippen molar-refractivity contribution in [3.8, 4) is 11.4 Å². The Morgan fingerprint density at radius 1 is 1.26 bits per heavy atom. The van der Waals surface area contributed by atoms with Gasteiger partial charge in [-0.2, -0.15) is 4.98 Å². The molecule has 138 valence electrons. The maximum absolute atomic E-state index is 13.0. The third kappa shape index (κ3) is 3.81. The Bertz CT molecular complexity index is 1000. The Labute approximate surface area is 153 Å². The summed E-state index contributed by atoms with van der Waals surface area (Å²) in [5.41, 5.74) is 0.894. The van der Waals surface area contributed by atoms with E-state index in [9.17, 15) is 19.3 Å². The molecule has 0 saturated heterocycles. The molecule has 1 unspecified atom stereocenters. The number of carbonyl (C=O) groups excluding carboxylic acids is 1. The molecule has 0 radical (unpaired) electrons. The Balaban J connectivity index is 1.77. The molecule has 1 N–H and O–H groups in total. The molecule has 0 aliphatic rings. The molecule has 2 aromatic carbocycles. The van der Waals surface area contributed by atoms with Gasteiger partial charge in [0.05, 0.1) is 4.92 Å². The van der Waals surface area contributed by atoms with Crippen molar-refractivity contribution in [1.29, 1.82) is 0 Å². The molecule has 9 heteroatoms. The zero-order chi connectivity index (χ0) is 19.6. The lowest BCUT2D eigenvalue weighted by Gasteiger charge is -2.11. The van der Waals surface area contributed by atoms with E-state index < -0.39 is 16.9 Å². The highest BCUT2D eigenvalue weighted by atomic mass is 19.1. The van der Waals surface area contributed by atoms with Crippen LogP contribution in [0.1, 0.15) is 34.8 Å². The van der Waals surface area contributed by atoms with Crippen LogP contribution in [0.2, 0.25) is 0 Å². The van der Waals surface area contributed by atoms with Gasteiger partial charge in [-0.25, -0.2) is 4.39 Å². The Kier molecular flexibility index (Phi) is 4.93. The predicted molar refractivity (Wildman–Crippen MR) is 93.4 cm³/mol. The van der Waals surface area contributed by atoms with Crippen LogP contribution in [0.25, 0.3) is 11.4 Å². The second-order valence-corrected chi connectivity index (χ2v) is 5.87. The third-order valence-electron chi connectivity index (χ3n) is 4.01. The molecule has 1 aromatic heterocycles. The van der Waals surface area contributed by atoms with E-state index in [1.807, 2.05) is 0 Å². The van der Waals surface area contributed by atoms with Gasteiger partial charge in [-0.1, -0.05) is 11.2 Å². The van der Waals surface area contributed by atoms with Crippen LogP contribution < -0.4 is 5.32 Å². The minimum atomic E-state index is -0.627. The minimum Gasteiger partial charge on any atom is -0.340 e. The van der Waals surface area contributed by atoms with Gasteiger partial charge in [0, 0.05) is 22.8 Å². The van der Waals surface area contributed by atoms with E-state index in [0.29, 0.717) is 5.56 Å². The van der Waals surface area contributed by atoms with Crippen LogP contribution in [-0.2, 0) is 0 Å². The van der Waals surface area contributed by atoms with Crippen LogP contribution >= 0.6 is 0 Å². The highest BCUT2D eigenvalue weighted by Gasteiger charge is 2.22. The molecule has 1 atom stereocenters. The van der Waals surface area contributed by atoms with E-state index in [-0.39, 0.29) is 34.3 Å². The van der Waals surface area contributed by atoms with Gasteiger partial charge in [0.2, 0.25) is 11.7 Å². The van der Waals surface area contributed by atoms with Crippen LogP contribution in [0, 0.1) is 22.9 Å². The fourth-order valence-electron chi connectivity index (χ4n) is 2.53. The number of amides is 1. The average molecular weight is 370 g/mol. The van der Waals surface area contributed by atoms with Gasteiger partial charge in [0.15, 0.2) is 0 Å². The van der Waals surface area contributed by atoms with Gasteiger partial charge in [-0.15, -0.1) is 0 Å². The quantitative estimate of drug-likeness (QED) is 0.543. The van der Waals surface area contributed by atoms with E-state index in [4.69, 9.17) is 4.52 Å². The topological polar surface area (TPSA) is 111 Å². The van der Waals surface area contributed by atoms with Crippen molar-refractivity contribution in [2.75, 3.05) is 0 Å². The lowest BCUT2D eigenvalue weighted by atomic mass is 10.1. The number of hydrogen-bond donors (Lipinski definition) is 1. The summed E-state index contributed by atoms with van der Waals surface area (Å²) in [6.07, 6.45) is 0. The van der Waals surface area contributed by atoms with Crippen LogP contribution in [0.3, 0.4) is 0 Å². The van der Waals surface area contributed by atoms with E-state index >= 15 is 0 Å². The molecule has 8 nitrogen and oxygen atoms in total. The number of aromatic nitrogens is 2. The first kappa shape index (κ1) is 18.2. The highest BCUT2D eigenvalue weighted by Crippen LogP contribution is 2.23. The number of hydrogen-bond acceptors (Lipinski definition) is 6. The first-order valence-corrected chi connectivity index (χ1v) is 8.01. The molecule has 1 heterocycles. The van der Waals surface area contributed by atoms with Crippen molar-refractivity contribution >= 4 is 11.6 Å². The molecule has 0 spiro atoms. The Morgan fingerprint density at radius 3 is 2.63 bits per heavy atom. The Hall–Kier alpha value is -3.62. The van der Waals surface area contributed by atoms with Gasteiger partial charge < -0.3 is 9.84 Å². The highest BCUT2D eigenvalue weighted by molar-refractivity contribution is 5.96. The van der Waals surface area contributed by atoms with Crippen molar-refractivity contribution in [3.63, 3.8) is 0 Å². The minimum absolute atomic E-state index is 0.133. The second kappa shape index (κ2) is 7.32. The largest absolute Gasteiger partial charge is 0.340 e. The molecule has 0 bridgehead atoms. The molecule has 27 heavy (non-hydrogen) atoms. The number of carbonyl (C=O) groups is 1. The van der Waals surface area contributed by atoms with E-state index in [0.717, 1.165) is 0 Å². The maximum atomic E-state index is 13.0. The maximum Gasteiger partial charge on any atom is 0.273 e. The van der Waals surface area contributed by atoms with Crippen LogP contribution in [0.5, 0.6) is 0 Å². The van der Waals surface area contributed by atoms with Crippen LogP contribution in [-0.4, -0.2) is 21.0 Å². The lowest BCUT2D eigenvalue weighted by molar-refractivity contribution is -0.385. The molecular formula is C18H15FN4O4. The Morgan fingerprint density at radius 2 is 1.96 bits per heavy atom. The molecule has 3 rings (SSSR count). The first-order chi connectivity index (χ1) is 12.9. The molecule has 3 aromatic rings. The fraction of sp³-hybridized carbons (Fsp3) is 0.167. The number of nitrogens with zero attached hydrogens (tertiary/aromatic N) is 3. The summed E-state index contributed by atoms with van der Waals surface area (Å²) in [7, 11) is 0. The second-order valence-electron chi connectivity index (χ2n) is 5.87. The SMILES string of the molecule is Cc1c(C(=O)NC(C)c2nc(-c3ccc(F)cc3)no2)cccc1[N+](=O)[O-].